The van der Waals surface area contributed by atoms with Crippen molar-refractivity contribution in [3.63, 3.8) is 0 Å². The summed E-state index contributed by atoms with van der Waals surface area (Å²) in [6, 6.07) is 1.72. The zero-order valence-corrected chi connectivity index (χ0v) is 8.78. The van der Waals surface area contributed by atoms with Crippen molar-refractivity contribution < 1.29 is 5.11 Å². The van der Waals surface area contributed by atoms with E-state index in [1.165, 1.54) is 0 Å². The van der Waals surface area contributed by atoms with Crippen LogP contribution in [0.15, 0.2) is 18.5 Å². The number of anilines is 2. The molecular weight excluding hydrogens is 178 g/mol. The molecule has 14 heavy (non-hydrogen) atoms. The minimum Gasteiger partial charge on any atom is -0.397 e. The Kier molecular flexibility index (Phi) is 2.96. The lowest BCUT2D eigenvalue weighted by atomic mass is 10.0. The third kappa shape index (κ3) is 2.88. The standard InChI is InChI=1S/C10H17N3O/c1-7(10(2,3)14)13-9-4-8(11)5-12-6-9/h4-7,13-14H,11H2,1-3H3. The number of aliphatic hydroxyl groups is 1. The van der Waals surface area contributed by atoms with Gasteiger partial charge < -0.3 is 16.2 Å². The predicted octanol–water partition coefficient (Wildman–Crippen LogP) is 1.24. The van der Waals surface area contributed by atoms with E-state index in [-0.39, 0.29) is 6.04 Å². The summed E-state index contributed by atoms with van der Waals surface area (Å²) in [5, 5.41) is 12.8. The van der Waals surface area contributed by atoms with Crippen LogP contribution in [-0.2, 0) is 0 Å². The van der Waals surface area contributed by atoms with E-state index in [2.05, 4.69) is 10.3 Å². The van der Waals surface area contributed by atoms with Gasteiger partial charge in [0, 0.05) is 6.20 Å². The fourth-order valence-corrected chi connectivity index (χ4v) is 0.963. The Balaban J connectivity index is 2.70. The molecule has 1 aromatic heterocycles. The fraction of sp³-hybridized carbons (Fsp3) is 0.500. The van der Waals surface area contributed by atoms with E-state index >= 15 is 0 Å². The highest BCUT2D eigenvalue weighted by Crippen LogP contribution is 2.16. The van der Waals surface area contributed by atoms with Gasteiger partial charge in [-0.15, -0.1) is 0 Å². The highest BCUT2D eigenvalue weighted by atomic mass is 16.3. The van der Waals surface area contributed by atoms with Gasteiger partial charge in [0.05, 0.1) is 29.2 Å². The SMILES string of the molecule is CC(Nc1cncc(N)c1)C(C)(C)O. The second kappa shape index (κ2) is 3.84. The van der Waals surface area contributed by atoms with Gasteiger partial charge in [-0.25, -0.2) is 0 Å². The summed E-state index contributed by atoms with van der Waals surface area (Å²) in [4.78, 5) is 3.95. The first kappa shape index (κ1) is 10.8. The maximum atomic E-state index is 9.70. The molecule has 0 aromatic carbocycles. The van der Waals surface area contributed by atoms with E-state index < -0.39 is 5.60 Å². The Morgan fingerprint density at radius 2 is 2.14 bits per heavy atom. The highest BCUT2D eigenvalue weighted by molar-refractivity contribution is 5.51. The number of hydrogen-bond donors (Lipinski definition) is 3. The van der Waals surface area contributed by atoms with E-state index in [1.54, 1.807) is 32.3 Å². The van der Waals surface area contributed by atoms with E-state index in [1.807, 2.05) is 6.92 Å². The van der Waals surface area contributed by atoms with Crippen molar-refractivity contribution >= 4 is 11.4 Å². The predicted molar refractivity (Wildman–Crippen MR) is 58.0 cm³/mol. The molecule has 1 aromatic rings. The Morgan fingerprint density at radius 3 is 2.64 bits per heavy atom. The molecule has 1 heterocycles. The molecule has 0 bridgehead atoms. The minimum atomic E-state index is -0.773. The van der Waals surface area contributed by atoms with Crippen LogP contribution in [0.25, 0.3) is 0 Å². The van der Waals surface area contributed by atoms with Crippen LogP contribution in [0.2, 0.25) is 0 Å². The van der Waals surface area contributed by atoms with Crippen LogP contribution in [0, 0.1) is 0 Å². The highest BCUT2D eigenvalue weighted by Gasteiger charge is 2.21. The number of nitrogens with zero attached hydrogens (tertiary/aromatic N) is 1. The third-order valence-electron chi connectivity index (χ3n) is 2.20. The molecule has 0 spiro atoms. The van der Waals surface area contributed by atoms with Gasteiger partial charge in [0.1, 0.15) is 0 Å². The first-order chi connectivity index (χ1) is 6.39. The maximum Gasteiger partial charge on any atom is 0.0789 e. The second-order valence-corrected chi connectivity index (χ2v) is 4.03. The molecule has 4 nitrogen and oxygen atoms in total. The third-order valence-corrected chi connectivity index (χ3v) is 2.20. The van der Waals surface area contributed by atoms with Gasteiger partial charge in [-0.2, -0.15) is 0 Å². The summed E-state index contributed by atoms with van der Waals surface area (Å²) < 4.78 is 0. The molecule has 4 N–H and O–H groups in total. The van der Waals surface area contributed by atoms with Crippen LogP contribution in [0.3, 0.4) is 0 Å². The molecule has 0 aliphatic carbocycles. The molecular formula is C10H17N3O. The Labute approximate surface area is 84.2 Å². The van der Waals surface area contributed by atoms with Crippen molar-refractivity contribution in [2.75, 3.05) is 11.1 Å². The number of nitrogen functional groups attached to an aromatic ring is 1. The average molecular weight is 195 g/mol. The van der Waals surface area contributed by atoms with Crippen molar-refractivity contribution in [1.29, 1.82) is 0 Å². The second-order valence-electron chi connectivity index (χ2n) is 4.03. The van der Waals surface area contributed by atoms with Crippen molar-refractivity contribution in [2.45, 2.75) is 32.4 Å². The number of hydrogen-bond acceptors (Lipinski definition) is 4. The lowest BCUT2D eigenvalue weighted by molar-refractivity contribution is 0.0649. The molecule has 4 heteroatoms. The first-order valence-electron chi connectivity index (χ1n) is 4.59. The molecule has 1 rings (SSSR count). The van der Waals surface area contributed by atoms with Gasteiger partial charge in [-0.3, -0.25) is 4.98 Å². The van der Waals surface area contributed by atoms with Crippen LogP contribution in [0.1, 0.15) is 20.8 Å². The van der Waals surface area contributed by atoms with Gasteiger partial charge in [0.25, 0.3) is 0 Å². The normalized spacial score (nSPS) is 13.7. The summed E-state index contributed by atoms with van der Waals surface area (Å²) in [5.74, 6) is 0. The fourth-order valence-electron chi connectivity index (χ4n) is 0.963. The van der Waals surface area contributed by atoms with Gasteiger partial charge in [0.2, 0.25) is 0 Å². The molecule has 1 atom stereocenters. The molecule has 78 valence electrons. The monoisotopic (exact) mass is 195 g/mol. The smallest absolute Gasteiger partial charge is 0.0789 e. The van der Waals surface area contributed by atoms with Crippen LogP contribution >= 0.6 is 0 Å². The molecule has 1 unspecified atom stereocenters. The van der Waals surface area contributed by atoms with Crippen molar-refractivity contribution in [1.82, 2.24) is 4.98 Å². The van der Waals surface area contributed by atoms with Crippen LogP contribution in [0.4, 0.5) is 11.4 Å². The van der Waals surface area contributed by atoms with E-state index in [9.17, 15) is 5.11 Å². The minimum absolute atomic E-state index is 0.0638. The molecule has 0 aliphatic rings. The van der Waals surface area contributed by atoms with Crippen molar-refractivity contribution in [3.8, 4) is 0 Å². The molecule has 0 saturated heterocycles. The number of rotatable bonds is 3. The number of pyridine rings is 1. The summed E-state index contributed by atoms with van der Waals surface area (Å²) in [6.45, 7) is 5.41. The summed E-state index contributed by atoms with van der Waals surface area (Å²) in [7, 11) is 0. The topological polar surface area (TPSA) is 71.2 Å². The van der Waals surface area contributed by atoms with Crippen LogP contribution in [-0.4, -0.2) is 21.7 Å². The number of aromatic nitrogens is 1. The van der Waals surface area contributed by atoms with E-state index in [0.717, 1.165) is 5.69 Å². The number of nitrogens with two attached hydrogens (primary N) is 1. The lowest BCUT2D eigenvalue weighted by Gasteiger charge is -2.27. The van der Waals surface area contributed by atoms with Gasteiger partial charge in [-0.1, -0.05) is 0 Å². The molecule has 0 fully saturated rings. The summed E-state index contributed by atoms with van der Waals surface area (Å²) in [5.41, 5.74) is 6.23. The Morgan fingerprint density at radius 1 is 1.50 bits per heavy atom. The van der Waals surface area contributed by atoms with Crippen molar-refractivity contribution in [3.05, 3.63) is 18.5 Å². The first-order valence-corrected chi connectivity index (χ1v) is 4.59. The average Bonchev–Trinajstić information content (AvgIpc) is 2.02. The summed E-state index contributed by atoms with van der Waals surface area (Å²) >= 11 is 0. The molecule has 0 radical (unpaired) electrons. The van der Waals surface area contributed by atoms with Gasteiger partial charge >= 0.3 is 0 Å². The lowest BCUT2D eigenvalue weighted by Crippen LogP contribution is -2.39. The zero-order chi connectivity index (χ0) is 10.8. The Bertz CT molecular complexity index is 306. The van der Waals surface area contributed by atoms with Gasteiger partial charge in [0.15, 0.2) is 0 Å². The van der Waals surface area contributed by atoms with Crippen LogP contribution in [0.5, 0.6) is 0 Å². The molecule has 0 saturated carbocycles. The van der Waals surface area contributed by atoms with Crippen molar-refractivity contribution in [2.24, 2.45) is 0 Å². The van der Waals surface area contributed by atoms with Gasteiger partial charge in [-0.05, 0) is 26.8 Å². The zero-order valence-electron chi connectivity index (χ0n) is 8.78. The number of nitrogens with one attached hydrogen (secondary N) is 1. The van der Waals surface area contributed by atoms with E-state index in [4.69, 9.17) is 5.73 Å². The van der Waals surface area contributed by atoms with E-state index in [0.29, 0.717) is 5.69 Å². The largest absolute Gasteiger partial charge is 0.397 e. The molecule has 0 aliphatic heterocycles. The maximum absolute atomic E-state index is 9.70. The Hall–Kier alpha value is -1.29. The quantitative estimate of drug-likeness (QED) is 0.678. The molecule has 0 amide bonds. The van der Waals surface area contributed by atoms with Crippen LogP contribution < -0.4 is 11.1 Å². The summed E-state index contributed by atoms with van der Waals surface area (Å²) in [6.07, 6.45) is 3.26.